The minimum Gasteiger partial charge on any atom is -0.330 e. The fourth-order valence-electron chi connectivity index (χ4n) is 1.75. The van der Waals surface area contributed by atoms with Gasteiger partial charge in [-0.15, -0.1) is 11.3 Å². The number of nitrogens with two attached hydrogens (primary N) is 1. The molecule has 0 aliphatic rings. The van der Waals surface area contributed by atoms with Crippen molar-refractivity contribution in [3.63, 3.8) is 0 Å². The van der Waals surface area contributed by atoms with Crippen LogP contribution in [0.1, 0.15) is 41.0 Å². The molecule has 0 saturated carbocycles. The Balaban J connectivity index is 2.21. The quantitative estimate of drug-likeness (QED) is 0.717. The fraction of sp³-hybridized carbons (Fsp3) is 0.667. The molecule has 80 valence electrons. The van der Waals surface area contributed by atoms with E-state index in [-0.39, 0.29) is 0 Å². The van der Waals surface area contributed by atoms with Gasteiger partial charge in [0.1, 0.15) is 0 Å². The van der Waals surface area contributed by atoms with E-state index in [1.54, 1.807) is 5.56 Å². The van der Waals surface area contributed by atoms with E-state index in [1.807, 2.05) is 11.3 Å². The molecule has 1 nitrogen and oxygen atoms in total. The van der Waals surface area contributed by atoms with Crippen LogP contribution in [0, 0.1) is 13.8 Å². The molecular weight excluding hydrogens is 190 g/mol. The van der Waals surface area contributed by atoms with Crippen molar-refractivity contribution >= 4 is 11.3 Å². The van der Waals surface area contributed by atoms with E-state index in [1.165, 1.54) is 41.9 Å². The van der Waals surface area contributed by atoms with Crippen LogP contribution in [-0.4, -0.2) is 6.54 Å². The summed E-state index contributed by atoms with van der Waals surface area (Å²) in [5.41, 5.74) is 7.01. The molecule has 1 rings (SSSR count). The Morgan fingerprint density at radius 2 is 1.86 bits per heavy atom. The smallest absolute Gasteiger partial charge is 0.00490 e. The minimum atomic E-state index is 0.844. The molecule has 0 aliphatic carbocycles. The Morgan fingerprint density at radius 1 is 1.14 bits per heavy atom. The summed E-state index contributed by atoms with van der Waals surface area (Å²) in [6, 6.07) is 2.34. The fourth-order valence-corrected chi connectivity index (χ4v) is 2.72. The molecule has 0 aliphatic heterocycles. The SMILES string of the molecule is Cc1cc(CCCCCCN)c(C)s1. The van der Waals surface area contributed by atoms with Gasteiger partial charge in [0.2, 0.25) is 0 Å². The number of aryl methyl sites for hydroxylation is 3. The van der Waals surface area contributed by atoms with Gasteiger partial charge in [0.15, 0.2) is 0 Å². The molecular formula is C12H21NS. The van der Waals surface area contributed by atoms with Gasteiger partial charge in [0.25, 0.3) is 0 Å². The third-order valence-electron chi connectivity index (χ3n) is 2.54. The molecule has 14 heavy (non-hydrogen) atoms. The van der Waals surface area contributed by atoms with E-state index in [0.717, 1.165) is 6.54 Å². The Hall–Kier alpha value is -0.340. The summed E-state index contributed by atoms with van der Waals surface area (Å²) in [5, 5.41) is 0. The van der Waals surface area contributed by atoms with E-state index in [4.69, 9.17) is 5.73 Å². The summed E-state index contributed by atoms with van der Waals surface area (Å²) >= 11 is 1.92. The van der Waals surface area contributed by atoms with E-state index in [0.29, 0.717) is 0 Å². The first-order valence-corrected chi connectivity index (χ1v) is 6.31. The molecule has 0 aromatic carbocycles. The van der Waals surface area contributed by atoms with Gasteiger partial charge < -0.3 is 5.73 Å². The first-order valence-electron chi connectivity index (χ1n) is 5.50. The number of hydrogen-bond acceptors (Lipinski definition) is 2. The van der Waals surface area contributed by atoms with Gasteiger partial charge in [-0.2, -0.15) is 0 Å². The number of unbranched alkanes of at least 4 members (excludes halogenated alkanes) is 3. The summed E-state index contributed by atoms with van der Waals surface area (Å²) in [4.78, 5) is 2.95. The topological polar surface area (TPSA) is 26.0 Å². The summed E-state index contributed by atoms with van der Waals surface area (Å²) in [7, 11) is 0. The molecule has 0 unspecified atom stereocenters. The van der Waals surface area contributed by atoms with Gasteiger partial charge in [0, 0.05) is 9.75 Å². The second kappa shape index (κ2) is 6.20. The molecule has 0 fully saturated rings. The zero-order valence-corrected chi connectivity index (χ0v) is 10.1. The van der Waals surface area contributed by atoms with Crippen LogP contribution < -0.4 is 5.73 Å². The zero-order chi connectivity index (χ0) is 10.4. The lowest BCUT2D eigenvalue weighted by atomic mass is 10.1. The normalized spacial score (nSPS) is 10.8. The van der Waals surface area contributed by atoms with Crippen LogP contribution in [0.3, 0.4) is 0 Å². The lowest BCUT2D eigenvalue weighted by Gasteiger charge is -2.00. The summed E-state index contributed by atoms with van der Waals surface area (Å²) in [5.74, 6) is 0. The van der Waals surface area contributed by atoms with Crippen molar-refractivity contribution < 1.29 is 0 Å². The second-order valence-corrected chi connectivity index (χ2v) is 5.35. The van der Waals surface area contributed by atoms with Crippen molar-refractivity contribution in [3.05, 3.63) is 21.4 Å². The van der Waals surface area contributed by atoms with Gasteiger partial charge >= 0.3 is 0 Å². The van der Waals surface area contributed by atoms with Crippen molar-refractivity contribution in [1.82, 2.24) is 0 Å². The van der Waals surface area contributed by atoms with Crippen molar-refractivity contribution in [3.8, 4) is 0 Å². The highest BCUT2D eigenvalue weighted by molar-refractivity contribution is 7.12. The number of rotatable bonds is 6. The van der Waals surface area contributed by atoms with E-state index in [9.17, 15) is 0 Å². The predicted molar refractivity (Wildman–Crippen MR) is 65.0 cm³/mol. The van der Waals surface area contributed by atoms with Crippen molar-refractivity contribution in [2.24, 2.45) is 5.73 Å². The first-order chi connectivity index (χ1) is 6.74. The number of thiophene rings is 1. The molecule has 2 N–H and O–H groups in total. The monoisotopic (exact) mass is 211 g/mol. The molecule has 0 amide bonds. The average molecular weight is 211 g/mol. The molecule has 0 radical (unpaired) electrons. The maximum atomic E-state index is 5.45. The first kappa shape index (κ1) is 11.7. The maximum absolute atomic E-state index is 5.45. The number of hydrogen-bond donors (Lipinski definition) is 1. The summed E-state index contributed by atoms with van der Waals surface area (Å²) in [6.45, 7) is 5.26. The largest absolute Gasteiger partial charge is 0.330 e. The Bertz CT molecular complexity index is 265. The van der Waals surface area contributed by atoms with Gasteiger partial charge in [-0.1, -0.05) is 12.8 Å². The molecule has 0 bridgehead atoms. The van der Waals surface area contributed by atoms with Crippen LogP contribution in [0.15, 0.2) is 6.07 Å². The molecule has 0 saturated heterocycles. The summed E-state index contributed by atoms with van der Waals surface area (Å²) < 4.78 is 0. The maximum Gasteiger partial charge on any atom is 0.00490 e. The van der Waals surface area contributed by atoms with Crippen LogP contribution in [0.25, 0.3) is 0 Å². The highest BCUT2D eigenvalue weighted by Gasteiger charge is 2.01. The van der Waals surface area contributed by atoms with Crippen LogP contribution in [0.4, 0.5) is 0 Å². The average Bonchev–Trinajstić information content (AvgIpc) is 2.45. The third kappa shape index (κ3) is 3.81. The van der Waals surface area contributed by atoms with Crippen LogP contribution in [0.5, 0.6) is 0 Å². The summed E-state index contributed by atoms with van der Waals surface area (Å²) in [6.07, 6.45) is 6.36. The van der Waals surface area contributed by atoms with E-state index < -0.39 is 0 Å². The van der Waals surface area contributed by atoms with Crippen LogP contribution >= 0.6 is 11.3 Å². The minimum absolute atomic E-state index is 0.844. The lowest BCUT2D eigenvalue weighted by Crippen LogP contribution is -1.97. The molecule has 2 heteroatoms. The molecule has 0 atom stereocenters. The second-order valence-electron chi connectivity index (χ2n) is 3.89. The van der Waals surface area contributed by atoms with Gasteiger partial charge in [0.05, 0.1) is 0 Å². The standard InChI is InChI=1S/C12H21NS/c1-10-9-12(11(2)14-10)7-5-3-4-6-8-13/h9H,3-8,13H2,1-2H3. The zero-order valence-electron chi connectivity index (χ0n) is 9.31. The van der Waals surface area contributed by atoms with Gasteiger partial charge in [-0.3, -0.25) is 0 Å². The van der Waals surface area contributed by atoms with Crippen molar-refractivity contribution in [2.45, 2.75) is 46.0 Å². The van der Waals surface area contributed by atoms with Crippen molar-refractivity contribution in [2.75, 3.05) is 6.54 Å². The molecule has 0 spiro atoms. The van der Waals surface area contributed by atoms with Crippen molar-refractivity contribution in [1.29, 1.82) is 0 Å². The van der Waals surface area contributed by atoms with Crippen LogP contribution in [-0.2, 0) is 6.42 Å². The molecule has 1 aromatic heterocycles. The highest BCUT2D eigenvalue weighted by atomic mass is 32.1. The van der Waals surface area contributed by atoms with E-state index >= 15 is 0 Å². The van der Waals surface area contributed by atoms with Gasteiger partial charge in [-0.25, -0.2) is 0 Å². The lowest BCUT2D eigenvalue weighted by molar-refractivity contribution is 0.646. The third-order valence-corrected chi connectivity index (χ3v) is 3.55. The predicted octanol–water partition coefficient (Wildman–Crippen LogP) is 3.43. The Labute approximate surface area is 91.3 Å². The Kier molecular flexibility index (Phi) is 5.20. The van der Waals surface area contributed by atoms with Crippen LogP contribution in [0.2, 0.25) is 0 Å². The molecule has 1 heterocycles. The van der Waals surface area contributed by atoms with Gasteiger partial charge in [-0.05, 0) is 51.3 Å². The molecule has 1 aromatic rings. The van der Waals surface area contributed by atoms with E-state index in [2.05, 4.69) is 19.9 Å². The highest BCUT2D eigenvalue weighted by Crippen LogP contribution is 2.22. The Morgan fingerprint density at radius 3 is 2.43 bits per heavy atom.